The predicted molar refractivity (Wildman–Crippen MR) is 93.3 cm³/mol. The van der Waals surface area contributed by atoms with E-state index in [0.717, 1.165) is 12.1 Å². The molecule has 0 amide bonds. The molecule has 0 saturated carbocycles. The van der Waals surface area contributed by atoms with Crippen LogP contribution in [0.15, 0.2) is 42.7 Å². The maximum Gasteiger partial charge on any atom is 0.287 e. The van der Waals surface area contributed by atoms with E-state index < -0.39 is 0 Å². The maximum absolute atomic E-state index is 4.76. The number of nitrogens with zero attached hydrogens (tertiary/aromatic N) is 2. The van der Waals surface area contributed by atoms with E-state index >= 15 is 0 Å². The molecule has 0 bridgehead atoms. The van der Waals surface area contributed by atoms with Crippen LogP contribution in [0.25, 0.3) is 22.5 Å². The van der Waals surface area contributed by atoms with Gasteiger partial charge in [-0.05, 0) is 48.5 Å². The molecule has 0 spiro atoms. The van der Waals surface area contributed by atoms with Crippen LogP contribution in [0.1, 0.15) is 27.8 Å². The van der Waals surface area contributed by atoms with Crippen molar-refractivity contribution in [2.24, 2.45) is 7.05 Å². The smallest absolute Gasteiger partial charge is 0.232 e. The Hall–Kier alpha value is -2.48. The van der Waals surface area contributed by atoms with Crippen LogP contribution in [-0.4, -0.2) is 4.98 Å². The first-order chi connectivity index (χ1) is 11.1. The summed E-state index contributed by atoms with van der Waals surface area (Å²) in [7, 11) is 2.10. The summed E-state index contributed by atoms with van der Waals surface area (Å²) in [6.07, 6.45) is 2.92. The average molecular weight is 301 g/mol. The molecule has 2 aromatic carbocycles. The highest BCUT2D eigenvalue weighted by Crippen LogP contribution is 2.40. The largest absolute Gasteiger partial charge is 0.287 e. The molecule has 0 radical (unpaired) electrons. The fraction of sp³-hybridized carbons (Fsp3) is 0.238. The van der Waals surface area contributed by atoms with Crippen LogP contribution in [-0.2, 0) is 13.5 Å². The number of hydrogen-bond acceptors (Lipinski definition) is 1. The highest BCUT2D eigenvalue weighted by Gasteiger charge is 2.31. The summed E-state index contributed by atoms with van der Waals surface area (Å²) in [5, 5.41) is 0. The molecule has 0 fully saturated rings. The molecule has 2 heteroatoms. The molecule has 1 aliphatic rings. The topological polar surface area (TPSA) is 16.8 Å². The lowest BCUT2D eigenvalue weighted by atomic mass is 9.97. The lowest BCUT2D eigenvalue weighted by Gasteiger charge is -2.11. The van der Waals surface area contributed by atoms with Crippen molar-refractivity contribution in [3.63, 3.8) is 0 Å². The molecule has 23 heavy (non-hydrogen) atoms. The van der Waals surface area contributed by atoms with Crippen molar-refractivity contribution >= 4 is 0 Å². The summed E-state index contributed by atoms with van der Waals surface area (Å²) in [6.45, 7) is 6.53. The van der Waals surface area contributed by atoms with Gasteiger partial charge in [-0.2, -0.15) is 0 Å². The molecular formula is C21H21N2+. The molecule has 0 aliphatic heterocycles. The van der Waals surface area contributed by atoms with Crippen LogP contribution in [0.5, 0.6) is 0 Å². The summed E-state index contributed by atoms with van der Waals surface area (Å²) in [6, 6.07) is 13.2. The molecule has 0 N–H and O–H groups in total. The van der Waals surface area contributed by atoms with Gasteiger partial charge in [-0.3, -0.25) is 0 Å². The summed E-state index contributed by atoms with van der Waals surface area (Å²) in [5.74, 6) is 0. The van der Waals surface area contributed by atoms with Gasteiger partial charge in [0.2, 0.25) is 0 Å². The number of rotatable bonds is 1. The molecule has 0 atom stereocenters. The standard InChI is InChI=1S/C21H21N2/c1-13-8-9-14(2)17(10-13)21-18-11-16-7-5-6-15(3)19(16)20(18)22-12-23(21)4/h5-10,12H,11H2,1-4H3/q+1. The second-order valence-electron chi connectivity index (χ2n) is 6.64. The van der Waals surface area contributed by atoms with Crippen LogP contribution in [0, 0.1) is 20.8 Å². The lowest BCUT2D eigenvalue weighted by molar-refractivity contribution is -0.663. The SMILES string of the molecule is Cc1ccc(C)c(-c2c3c(nc[n+]2C)-c2c(C)cccc2C3)c1. The fourth-order valence-corrected chi connectivity index (χ4v) is 3.74. The number of benzene rings is 2. The molecule has 3 aromatic rings. The van der Waals surface area contributed by atoms with Crippen molar-refractivity contribution in [3.8, 4) is 22.5 Å². The van der Waals surface area contributed by atoms with Crippen molar-refractivity contribution in [1.29, 1.82) is 0 Å². The van der Waals surface area contributed by atoms with Crippen LogP contribution in [0.3, 0.4) is 0 Å². The van der Waals surface area contributed by atoms with Crippen molar-refractivity contribution < 1.29 is 4.57 Å². The summed E-state index contributed by atoms with van der Waals surface area (Å²) >= 11 is 0. The van der Waals surface area contributed by atoms with Crippen LogP contribution >= 0.6 is 0 Å². The zero-order valence-corrected chi connectivity index (χ0v) is 14.1. The molecular weight excluding hydrogens is 280 g/mol. The molecule has 1 aromatic heterocycles. The molecule has 114 valence electrons. The number of fused-ring (bicyclic) bond motifs is 3. The van der Waals surface area contributed by atoms with Gasteiger partial charge in [-0.15, -0.1) is 0 Å². The van der Waals surface area contributed by atoms with Gasteiger partial charge in [-0.1, -0.05) is 35.9 Å². The van der Waals surface area contributed by atoms with Crippen molar-refractivity contribution in [1.82, 2.24) is 4.98 Å². The second-order valence-corrected chi connectivity index (χ2v) is 6.64. The third kappa shape index (κ3) is 2.09. The number of aryl methyl sites for hydroxylation is 4. The second kappa shape index (κ2) is 5.02. The average Bonchev–Trinajstić information content (AvgIpc) is 2.90. The Morgan fingerprint density at radius 1 is 1.00 bits per heavy atom. The first-order valence-electron chi connectivity index (χ1n) is 8.10. The zero-order valence-electron chi connectivity index (χ0n) is 14.1. The van der Waals surface area contributed by atoms with Crippen molar-refractivity contribution in [3.05, 3.63) is 70.5 Å². The van der Waals surface area contributed by atoms with Crippen LogP contribution in [0.4, 0.5) is 0 Å². The lowest BCUT2D eigenvalue weighted by Crippen LogP contribution is -2.33. The Morgan fingerprint density at radius 3 is 2.65 bits per heavy atom. The molecule has 1 heterocycles. The minimum absolute atomic E-state index is 0.969. The van der Waals surface area contributed by atoms with Gasteiger partial charge in [0.05, 0.1) is 12.6 Å². The van der Waals surface area contributed by atoms with Gasteiger partial charge >= 0.3 is 0 Å². The van der Waals surface area contributed by atoms with Crippen LogP contribution in [0.2, 0.25) is 0 Å². The van der Waals surface area contributed by atoms with E-state index in [0.29, 0.717) is 0 Å². The van der Waals surface area contributed by atoms with Gasteiger partial charge < -0.3 is 0 Å². The Morgan fingerprint density at radius 2 is 1.83 bits per heavy atom. The summed E-state index contributed by atoms with van der Waals surface area (Å²) in [4.78, 5) is 4.76. The zero-order chi connectivity index (χ0) is 16.1. The molecule has 1 aliphatic carbocycles. The molecule has 0 saturated heterocycles. The monoisotopic (exact) mass is 301 g/mol. The predicted octanol–water partition coefficient (Wildman–Crippen LogP) is 4.07. The minimum atomic E-state index is 0.969. The Balaban J connectivity index is 2.03. The quantitative estimate of drug-likeness (QED) is 0.484. The van der Waals surface area contributed by atoms with E-state index in [2.05, 4.69) is 68.8 Å². The van der Waals surface area contributed by atoms with E-state index in [1.165, 1.54) is 44.6 Å². The van der Waals surface area contributed by atoms with Gasteiger partial charge in [0.25, 0.3) is 6.33 Å². The number of hydrogen-bond donors (Lipinski definition) is 0. The summed E-state index contributed by atoms with van der Waals surface area (Å²) in [5.41, 5.74) is 11.8. The highest BCUT2D eigenvalue weighted by atomic mass is 15.0. The van der Waals surface area contributed by atoms with E-state index in [9.17, 15) is 0 Å². The fourth-order valence-electron chi connectivity index (χ4n) is 3.74. The molecule has 2 nitrogen and oxygen atoms in total. The third-order valence-electron chi connectivity index (χ3n) is 4.90. The third-order valence-corrected chi connectivity index (χ3v) is 4.90. The van der Waals surface area contributed by atoms with Crippen molar-refractivity contribution in [2.45, 2.75) is 27.2 Å². The molecule has 4 rings (SSSR count). The maximum atomic E-state index is 4.76. The minimum Gasteiger partial charge on any atom is -0.232 e. The summed E-state index contributed by atoms with van der Waals surface area (Å²) < 4.78 is 2.17. The Bertz CT molecular complexity index is 939. The first-order valence-corrected chi connectivity index (χ1v) is 8.10. The molecule has 0 unspecified atom stereocenters. The van der Waals surface area contributed by atoms with Gasteiger partial charge in [-0.25, -0.2) is 4.57 Å². The highest BCUT2D eigenvalue weighted by molar-refractivity contribution is 5.81. The van der Waals surface area contributed by atoms with E-state index in [1.807, 2.05) is 6.33 Å². The normalized spacial score (nSPS) is 12.2. The van der Waals surface area contributed by atoms with E-state index in [1.54, 1.807) is 0 Å². The Labute approximate surface area is 137 Å². The van der Waals surface area contributed by atoms with E-state index in [4.69, 9.17) is 4.98 Å². The van der Waals surface area contributed by atoms with Gasteiger partial charge in [0, 0.05) is 17.5 Å². The van der Waals surface area contributed by atoms with E-state index in [-0.39, 0.29) is 0 Å². The number of aromatic nitrogens is 2. The van der Waals surface area contributed by atoms with Crippen LogP contribution < -0.4 is 4.57 Å². The van der Waals surface area contributed by atoms with Crippen molar-refractivity contribution in [2.75, 3.05) is 0 Å². The van der Waals surface area contributed by atoms with Gasteiger partial charge in [0.15, 0.2) is 5.69 Å². The van der Waals surface area contributed by atoms with Gasteiger partial charge in [0.1, 0.15) is 5.69 Å². The Kier molecular flexibility index (Phi) is 3.08. The first kappa shape index (κ1) is 14.1.